The van der Waals surface area contributed by atoms with Crippen LogP contribution in [0.5, 0.6) is 0 Å². The summed E-state index contributed by atoms with van der Waals surface area (Å²) in [7, 11) is 0. The topological polar surface area (TPSA) is 104 Å². The Morgan fingerprint density at radius 1 is 1.43 bits per heavy atom. The van der Waals surface area contributed by atoms with E-state index < -0.39 is 29.5 Å². The third kappa shape index (κ3) is 3.78. The average Bonchev–Trinajstić information content (AvgIpc) is 2.46. The Kier molecular flexibility index (Phi) is 4.85. The number of aryl methyl sites for hydroxylation is 1. The van der Waals surface area contributed by atoms with E-state index in [-0.39, 0.29) is 22.8 Å². The highest BCUT2D eigenvalue weighted by Gasteiger charge is 2.14. The van der Waals surface area contributed by atoms with Crippen LogP contribution in [-0.2, 0) is 17.8 Å². The Bertz CT molecular complexity index is 875. The van der Waals surface area contributed by atoms with Gasteiger partial charge in [-0.3, -0.25) is 9.59 Å². The predicted molar refractivity (Wildman–Crippen MR) is 81.9 cm³/mol. The summed E-state index contributed by atoms with van der Waals surface area (Å²) in [6, 6.07) is 3.70. The molecule has 3 N–H and O–H groups in total. The van der Waals surface area contributed by atoms with Gasteiger partial charge in [0.05, 0.1) is 13.0 Å². The summed E-state index contributed by atoms with van der Waals surface area (Å²) in [6.07, 6.45) is -0.524. The van der Waals surface area contributed by atoms with Crippen LogP contribution in [0.3, 0.4) is 0 Å². The van der Waals surface area contributed by atoms with Gasteiger partial charge in [-0.25, -0.2) is 9.18 Å². The first kappa shape index (κ1) is 16.8. The fourth-order valence-corrected chi connectivity index (χ4v) is 2.21. The number of aliphatic carboxylic acids is 1. The highest BCUT2D eigenvalue weighted by atomic mass is 35.5. The summed E-state index contributed by atoms with van der Waals surface area (Å²) in [5.74, 6) is -1.71. The molecule has 0 amide bonds. The zero-order valence-corrected chi connectivity index (χ0v) is 12.8. The molecule has 7 nitrogen and oxygen atoms in total. The molecule has 0 aliphatic heterocycles. The number of aromatic nitrogens is 2. The number of H-pyrrole nitrogens is 1. The number of aromatic amines is 1. The summed E-state index contributed by atoms with van der Waals surface area (Å²) < 4.78 is 13.8. The number of carbonyl (C=O) groups is 1. The third-order valence-electron chi connectivity index (χ3n) is 3.17. The molecule has 0 spiro atoms. The number of halogens is 2. The molecule has 0 bridgehead atoms. The van der Waals surface area contributed by atoms with Gasteiger partial charge >= 0.3 is 11.7 Å². The van der Waals surface area contributed by atoms with Crippen LogP contribution in [0.4, 0.5) is 4.39 Å². The van der Waals surface area contributed by atoms with E-state index in [1.54, 1.807) is 0 Å². The van der Waals surface area contributed by atoms with Gasteiger partial charge in [0.15, 0.2) is 0 Å². The lowest BCUT2D eigenvalue weighted by atomic mass is 10.2. The lowest BCUT2D eigenvalue weighted by Crippen LogP contribution is -2.43. The van der Waals surface area contributed by atoms with E-state index in [0.717, 1.165) is 0 Å². The summed E-state index contributed by atoms with van der Waals surface area (Å²) in [6.45, 7) is 1.35. The minimum absolute atomic E-state index is 0.0464. The molecule has 2 aromatic rings. The second-order valence-electron chi connectivity index (χ2n) is 4.82. The summed E-state index contributed by atoms with van der Waals surface area (Å²) >= 11 is 5.91. The van der Waals surface area contributed by atoms with Crippen LogP contribution in [0, 0.1) is 12.7 Å². The fourth-order valence-electron chi connectivity index (χ4n) is 2.03. The first-order valence-corrected chi connectivity index (χ1v) is 6.91. The molecule has 0 aliphatic carbocycles. The maximum atomic E-state index is 13.2. The molecule has 0 radical (unpaired) electrons. The normalized spacial score (nSPS) is 10.6. The summed E-state index contributed by atoms with van der Waals surface area (Å²) in [5, 5.41) is 9.10. The second-order valence-corrected chi connectivity index (χ2v) is 5.22. The van der Waals surface area contributed by atoms with Crippen LogP contribution < -0.4 is 16.7 Å². The van der Waals surface area contributed by atoms with Crippen molar-refractivity contribution in [3.8, 4) is 0 Å². The van der Waals surface area contributed by atoms with E-state index >= 15 is 0 Å². The second kappa shape index (κ2) is 6.66. The molecule has 23 heavy (non-hydrogen) atoms. The Hall–Kier alpha value is -2.61. The number of hydrogen-bond donors (Lipinski definition) is 3. The smallest absolute Gasteiger partial charge is 0.347 e. The summed E-state index contributed by atoms with van der Waals surface area (Å²) in [4.78, 5) is 37.3. The summed E-state index contributed by atoms with van der Waals surface area (Å²) in [5.41, 5.74) is 1.47. The van der Waals surface area contributed by atoms with Crippen LogP contribution in [0.2, 0.25) is 5.02 Å². The number of nitrogens with one attached hydrogen (secondary N) is 2. The van der Waals surface area contributed by atoms with Gasteiger partial charge in [0.25, 0.3) is 5.56 Å². The van der Waals surface area contributed by atoms with Gasteiger partial charge in [0, 0.05) is 16.3 Å². The van der Waals surface area contributed by atoms with E-state index in [4.69, 9.17) is 16.7 Å². The molecule has 1 aromatic carbocycles. The maximum Gasteiger partial charge on any atom is 0.347 e. The number of carboxylic acids is 1. The van der Waals surface area contributed by atoms with Gasteiger partial charge in [0.1, 0.15) is 5.82 Å². The van der Waals surface area contributed by atoms with Crippen molar-refractivity contribution < 1.29 is 14.3 Å². The van der Waals surface area contributed by atoms with Gasteiger partial charge in [-0.2, -0.15) is 4.68 Å². The van der Waals surface area contributed by atoms with E-state index in [1.807, 2.05) is 0 Å². The van der Waals surface area contributed by atoms with Gasteiger partial charge < -0.3 is 15.5 Å². The van der Waals surface area contributed by atoms with Crippen molar-refractivity contribution in [3.63, 3.8) is 0 Å². The molecule has 0 aliphatic rings. The Morgan fingerprint density at radius 2 is 2.13 bits per heavy atom. The van der Waals surface area contributed by atoms with Gasteiger partial charge in [-0.15, -0.1) is 0 Å². The van der Waals surface area contributed by atoms with Crippen LogP contribution in [0.1, 0.15) is 16.8 Å². The molecule has 0 unspecified atom stereocenters. The van der Waals surface area contributed by atoms with Crippen LogP contribution >= 0.6 is 11.6 Å². The third-order valence-corrected chi connectivity index (χ3v) is 3.54. The zero-order chi connectivity index (χ0) is 17.1. The minimum atomic E-state index is -1.20. The van der Waals surface area contributed by atoms with E-state index in [1.165, 1.54) is 25.1 Å². The number of benzene rings is 1. The molecular formula is C14H13ClFN3O4. The lowest BCUT2D eigenvalue weighted by Gasteiger charge is -2.12. The van der Waals surface area contributed by atoms with Crippen LogP contribution in [0.15, 0.2) is 27.8 Å². The quantitative estimate of drug-likeness (QED) is 0.753. The van der Waals surface area contributed by atoms with Gasteiger partial charge in [0.2, 0.25) is 0 Å². The van der Waals surface area contributed by atoms with Crippen molar-refractivity contribution >= 4 is 17.6 Å². The highest BCUT2D eigenvalue weighted by Crippen LogP contribution is 2.16. The monoisotopic (exact) mass is 341 g/mol. The standard InChI is InChI=1S/C14H13ClFN3O4/c1-7-10(5-12(20)21)13(22)19(14(23)18-7)17-6-8-4-9(16)2-3-11(8)15/h2-4,17H,5-6H2,1H3,(H,18,23)(H,20,21). The Balaban J connectivity index is 2.36. The lowest BCUT2D eigenvalue weighted by molar-refractivity contribution is -0.136. The molecule has 0 fully saturated rings. The van der Waals surface area contributed by atoms with Crippen molar-refractivity contribution in [2.75, 3.05) is 5.43 Å². The molecule has 0 saturated carbocycles. The molecule has 122 valence electrons. The number of nitrogens with zero attached hydrogens (tertiary/aromatic N) is 1. The Labute approximate surface area is 134 Å². The maximum absolute atomic E-state index is 13.2. The molecule has 0 atom stereocenters. The van der Waals surface area contributed by atoms with Crippen LogP contribution in [0.25, 0.3) is 0 Å². The molecule has 9 heteroatoms. The van der Waals surface area contributed by atoms with Gasteiger partial charge in [-0.05, 0) is 30.7 Å². The first-order valence-electron chi connectivity index (χ1n) is 6.54. The molecule has 1 aromatic heterocycles. The van der Waals surface area contributed by atoms with E-state index in [0.29, 0.717) is 10.2 Å². The van der Waals surface area contributed by atoms with Crippen molar-refractivity contribution in [2.24, 2.45) is 0 Å². The predicted octanol–water partition coefficient (Wildman–Crippen LogP) is 1.01. The Morgan fingerprint density at radius 3 is 2.78 bits per heavy atom. The average molecular weight is 342 g/mol. The zero-order valence-electron chi connectivity index (χ0n) is 12.0. The van der Waals surface area contributed by atoms with Crippen molar-refractivity contribution in [1.29, 1.82) is 0 Å². The molecule has 1 heterocycles. The SMILES string of the molecule is Cc1[nH]c(=O)n(NCc2cc(F)ccc2Cl)c(=O)c1CC(=O)O. The molecular weight excluding hydrogens is 329 g/mol. The molecule has 2 rings (SSSR count). The highest BCUT2D eigenvalue weighted by molar-refractivity contribution is 6.31. The van der Waals surface area contributed by atoms with Gasteiger partial charge in [-0.1, -0.05) is 11.6 Å². The number of carboxylic acid groups (broad SMARTS) is 1. The first-order chi connectivity index (χ1) is 10.8. The largest absolute Gasteiger partial charge is 0.481 e. The van der Waals surface area contributed by atoms with Crippen molar-refractivity contribution in [1.82, 2.24) is 9.66 Å². The van der Waals surface area contributed by atoms with Crippen molar-refractivity contribution in [2.45, 2.75) is 19.9 Å². The van der Waals surface area contributed by atoms with Crippen LogP contribution in [-0.4, -0.2) is 20.7 Å². The van der Waals surface area contributed by atoms with E-state index in [2.05, 4.69) is 10.4 Å². The van der Waals surface area contributed by atoms with E-state index in [9.17, 15) is 18.8 Å². The number of rotatable bonds is 5. The molecule has 0 saturated heterocycles. The number of hydrogen-bond acceptors (Lipinski definition) is 4. The minimum Gasteiger partial charge on any atom is -0.481 e. The van der Waals surface area contributed by atoms with Crippen molar-refractivity contribution in [3.05, 3.63) is 66.7 Å². The fraction of sp³-hybridized carbons (Fsp3) is 0.214.